The summed E-state index contributed by atoms with van der Waals surface area (Å²) in [5.41, 5.74) is 5.51. The first kappa shape index (κ1) is 16.0. The fourth-order valence-electron chi connectivity index (χ4n) is 1.62. The number of hydrogen-bond acceptors (Lipinski definition) is 5. The molecule has 0 amide bonds. The maximum Gasteiger partial charge on any atom is 0.252 e. The van der Waals surface area contributed by atoms with Crippen molar-refractivity contribution in [1.82, 2.24) is 4.31 Å². The summed E-state index contributed by atoms with van der Waals surface area (Å²) in [6, 6.07) is 3.46. The SMILES string of the molecule is CCC(CSC)N(C)S(=O)(=O)c1ccc(CN)s1. The Hall–Kier alpha value is -0.0800. The highest BCUT2D eigenvalue weighted by Crippen LogP contribution is 2.26. The van der Waals surface area contributed by atoms with Crippen molar-refractivity contribution in [1.29, 1.82) is 0 Å². The molecule has 0 aromatic carbocycles. The van der Waals surface area contributed by atoms with Gasteiger partial charge in [-0.25, -0.2) is 8.42 Å². The van der Waals surface area contributed by atoms with Gasteiger partial charge in [0.05, 0.1) is 0 Å². The number of sulfonamides is 1. The monoisotopic (exact) mass is 308 g/mol. The van der Waals surface area contributed by atoms with Crippen LogP contribution in [-0.2, 0) is 16.6 Å². The molecule has 0 radical (unpaired) electrons. The molecule has 0 saturated heterocycles. The summed E-state index contributed by atoms with van der Waals surface area (Å²) < 4.78 is 26.7. The second-order valence-corrected chi connectivity index (χ2v) is 8.27. The molecule has 0 fully saturated rings. The van der Waals surface area contributed by atoms with Crippen molar-refractivity contribution >= 4 is 33.1 Å². The third kappa shape index (κ3) is 3.48. The van der Waals surface area contributed by atoms with Crippen LogP contribution in [0.5, 0.6) is 0 Å². The lowest BCUT2D eigenvalue weighted by atomic mass is 10.3. The van der Waals surface area contributed by atoms with E-state index in [2.05, 4.69) is 0 Å². The van der Waals surface area contributed by atoms with Gasteiger partial charge in [-0.1, -0.05) is 6.92 Å². The Morgan fingerprint density at radius 2 is 2.17 bits per heavy atom. The number of nitrogens with two attached hydrogens (primary N) is 1. The van der Waals surface area contributed by atoms with Crippen molar-refractivity contribution in [2.45, 2.75) is 30.1 Å². The van der Waals surface area contributed by atoms with Gasteiger partial charge in [0.15, 0.2) is 0 Å². The Bertz CT molecular complexity index is 470. The molecule has 1 atom stereocenters. The van der Waals surface area contributed by atoms with E-state index in [1.165, 1.54) is 15.6 Å². The summed E-state index contributed by atoms with van der Waals surface area (Å²) >= 11 is 2.91. The summed E-state index contributed by atoms with van der Waals surface area (Å²) in [5.74, 6) is 0.807. The molecule has 0 saturated carbocycles. The fourth-order valence-corrected chi connectivity index (χ4v) is 5.40. The van der Waals surface area contributed by atoms with Crippen molar-refractivity contribution < 1.29 is 8.42 Å². The van der Waals surface area contributed by atoms with Crippen LogP contribution < -0.4 is 5.73 Å². The average Bonchev–Trinajstić information content (AvgIpc) is 2.84. The molecule has 0 aliphatic heterocycles. The molecule has 7 heteroatoms. The largest absolute Gasteiger partial charge is 0.326 e. The minimum Gasteiger partial charge on any atom is -0.326 e. The van der Waals surface area contributed by atoms with E-state index in [1.807, 2.05) is 13.2 Å². The summed E-state index contributed by atoms with van der Waals surface area (Å²) in [4.78, 5) is 0.889. The van der Waals surface area contributed by atoms with E-state index >= 15 is 0 Å². The summed E-state index contributed by atoms with van der Waals surface area (Å²) in [6.07, 6.45) is 2.80. The minimum atomic E-state index is -3.38. The smallest absolute Gasteiger partial charge is 0.252 e. The van der Waals surface area contributed by atoms with Gasteiger partial charge in [-0.3, -0.25) is 0 Å². The first-order valence-electron chi connectivity index (χ1n) is 5.73. The Morgan fingerprint density at radius 1 is 1.50 bits per heavy atom. The van der Waals surface area contributed by atoms with Crippen LogP contribution in [0, 0.1) is 0 Å². The highest BCUT2D eigenvalue weighted by Gasteiger charge is 2.27. The van der Waals surface area contributed by atoms with Gasteiger partial charge in [0.2, 0.25) is 0 Å². The molecule has 0 spiro atoms. The van der Waals surface area contributed by atoms with Crippen LogP contribution in [0.25, 0.3) is 0 Å². The summed E-state index contributed by atoms with van der Waals surface area (Å²) in [7, 11) is -1.72. The van der Waals surface area contributed by atoms with Gasteiger partial charge in [-0.05, 0) is 24.8 Å². The quantitative estimate of drug-likeness (QED) is 0.836. The van der Waals surface area contributed by atoms with Gasteiger partial charge in [0, 0.05) is 30.3 Å². The normalized spacial score (nSPS) is 14.1. The Balaban J connectivity index is 2.97. The molecule has 0 aliphatic rings. The lowest BCUT2D eigenvalue weighted by molar-refractivity contribution is 0.386. The van der Waals surface area contributed by atoms with E-state index < -0.39 is 10.0 Å². The predicted molar refractivity (Wildman–Crippen MR) is 79.6 cm³/mol. The van der Waals surface area contributed by atoms with Crippen molar-refractivity contribution in [3.8, 4) is 0 Å². The first-order chi connectivity index (χ1) is 8.47. The second kappa shape index (κ2) is 6.91. The Labute approximate surface area is 118 Å². The molecule has 1 aromatic heterocycles. The third-order valence-electron chi connectivity index (χ3n) is 2.82. The van der Waals surface area contributed by atoms with E-state index in [1.54, 1.807) is 30.9 Å². The van der Waals surface area contributed by atoms with E-state index in [4.69, 9.17) is 5.73 Å². The molecule has 1 heterocycles. The first-order valence-corrected chi connectivity index (χ1v) is 9.38. The molecule has 4 nitrogen and oxygen atoms in total. The van der Waals surface area contributed by atoms with Gasteiger partial charge in [-0.2, -0.15) is 16.1 Å². The molecule has 18 heavy (non-hydrogen) atoms. The molecular weight excluding hydrogens is 288 g/mol. The van der Waals surface area contributed by atoms with Crippen molar-refractivity contribution in [2.24, 2.45) is 5.73 Å². The van der Waals surface area contributed by atoms with Gasteiger partial charge in [-0.15, -0.1) is 11.3 Å². The number of thiophene rings is 1. The highest BCUT2D eigenvalue weighted by molar-refractivity contribution is 7.98. The van der Waals surface area contributed by atoms with Crippen molar-refractivity contribution in [3.05, 3.63) is 17.0 Å². The molecule has 0 aliphatic carbocycles. The third-order valence-corrected chi connectivity index (χ3v) is 7.02. The molecule has 0 bridgehead atoms. The maximum atomic E-state index is 12.4. The molecule has 1 rings (SSSR count). The van der Waals surface area contributed by atoms with Crippen molar-refractivity contribution in [2.75, 3.05) is 19.1 Å². The minimum absolute atomic E-state index is 0.0356. The number of rotatable bonds is 7. The van der Waals surface area contributed by atoms with Crippen LogP contribution >= 0.6 is 23.1 Å². The topological polar surface area (TPSA) is 63.4 Å². The van der Waals surface area contributed by atoms with Crippen LogP contribution in [0.15, 0.2) is 16.3 Å². The molecule has 1 unspecified atom stereocenters. The van der Waals surface area contributed by atoms with Gasteiger partial charge >= 0.3 is 0 Å². The van der Waals surface area contributed by atoms with Crippen LogP contribution in [-0.4, -0.2) is 37.8 Å². The molecule has 2 N–H and O–H groups in total. The van der Waals surface area contributed by atoms with Crippen LogP contribution in [0.4, 0.5) is 0 Å². The number of nitrogens with zero attached hydrogens (tertiary/aromatic N) is 1. The average molecular weight is 308 g/mol. The number of thioether (sulfide) groups is 1. The van der Waals surface area contributed by atoms with Crippen molar-refractivity contribution in [3.63, 3.8) is 0 Å². The molecule has 104 valence electrons. The Kier molecular flexibility index (Phi) is 6.13. The second-order valence-electron chi connectivity index (χ2n) is 3.96. The molecular formula is C11H20N2O2S3. The van der Waals surface area contributed by atoms with Gasteiger partial charge < -0.3 is 5.73 Å². The van der Waals surface area contributed by atoms with E-state index in [0.29, 0.717) is 10.8 Å². The van der Waals surface area contributed by atoms with E-state index in [0.717, 1.165) is 17.1 Å². The zero-order chi connectivity index (χ0) is 13.8. The van der Waals surface area contributed by atoms with Crippen LogP contribution in [0.3, 0.4) is 0 Å². The summed E-state index contributed by atoms with van der Waals surface area (Å²) in [5, 5.41) is 0. The van der Waals surface area contributed by atoms with Crippen LogP contribution in [0.2, 0.25) is 0 Å². The fraction of sp³-hybridized carbons (Fsp3) is 0.636. The van der Waals surface area contributed by atoms with Crippen LogP contribution in [0.1, 0.15) is 18.2 Å². The van der Waals surface area contributed by atoms with Gasteiger partial charge in [0.25, 0.3) is 10.0 Å². The van der Waals surface area contributed by atoms with Gasteiger partial charge in [0.1, 0.15) is 4.21 Å². The lowest BCUT2D eigenvalue weighted by Crippen LogP contribution is -2.37. The Morgan fingerprint density at radius 3 is 2.61 bits per heavy atom. The predicted octanol–water partition coefficient (Wildman–Crippen LogP) is 1.97. The standard InChI is InChI=1S/C11H20N2O2S3/c1-4-9(8-16-3)13(2)18(14,15)11-6-5-10(7-12)17-11/h5-6,9H,4,7-8,12H2,1-3H3. The van der Waals surface area contributed by atoms with E-state index in [-0.39, 0.29) is 6.04 Å². The molecule has 1 aromatic rings. The van der Waals surface area contributed by atoms with E-state index in [9.17, 15) is 8.42 Å². The number of hydrogen-bond donors (Lipinski definition) is 1. The lowest BCUT2D eigenvalue weighted by Gasteiger charge is -2.25. The summed E-state index contributed by atoms with van der Waals surface area (Å²) in [6.45, 7) is 2.39. The zero-order valence-electron chi connectivity index (χ0n) is 10.9. The maximum absolute atomic E-state index is 12.4. The highest BCUT2D eigenvalue weighted by atomic mass is 32.2. The zero-order valence-corrected chi connectivity index (χ0v) is 13.4.